The molecular weight excluding hydrogens is 621 g/mol. The van der Waals surface area contributed by atoms with Gasteiger partial charge in [0.05, 0.1) is 12.7 Å². The number of ether oxygens (including phenoxy) is 3. The van der Waals surface area contributed by atoms with Gasteiger partial charge in [0, 0.05) is 46.0 Å². The van der Waals surface area contributed by atoms with Gasteiger partial charge in [-0.2, -0.15) is 0 Å². The summed E-state index contributed by atoms with van der Waals surface area (Å²) in [5, 5.41) is 14.6. The van der Waals surface area contributed by atoms with Crippen LogP contribution in [0.2, 0.25) is 0 Å². The average Bonchev–Trinajstić information content (AvgIpc) is 3.61. The zero-order chi connectivity index (χ0) is 33.0. The number of nitrogens with one attached hydrogen (secondary N) is 1. The molecule has 2 unspecified atom stereocenters. The van der Waals surface area contributed by atoms with Crippen molar-refractivity contribution in [3.05, 3.63) is 77.5 Å². The molecule has 3 heterocycles. The molecule has 2 saturated carbocycles. The number of aromatic amines is 1. The quantitative estimate of drug-likeness (QED) is 0.199. The summed E-state index contributed by atoms with van der Waals surface area (Å²) in [6.07, 6.45) is 2.84. The van der Waals surface area contributed by atoms with E-state index < -0.39 is 47.8 Å². The highest BCUT2D eigenvalue weighted by atomic mass is 31.2. The molecule has 3 aliphatic carbocycles. The van der Waals surface area contributed by atoms with Gasteiger partial charge in [-0.1, -0.05) is 50.2 Å². The number of benzene rings is 2. The molecule has 5 aliphatic rings. The zero-order valence-corrected chi connectivity index (χ0v) is 28.0. The fraction of sp³-hybridized carbons (Fsp3) is 0.528. The Morgan fingerprint density at radius 3 is 2.55 bits per heavy atom. The molecule has 8 atom stereocenters. The third-order valence-electron chi connectivity index (χ3n) is 12.1. The Hall–Kier alpha value is -2.82. The van der Waals surface area contributed by atoms with E-state index in [0.717, 1.165) is 17.6 Å². The van der Waals surface area contributed by atoms with E-state index in [0.29, 0.717) is 24.8 Å². The summed E-state index contributed by atoms with van der Waals surface area (Å²) >= 11 is 0. The fourth-order valence-corrected chi connectivity index (χ4v) is 10.5. The molecule has 2 aromatic carbocycles. The van der Waals surface area contributed by atoms with Crippen LogP contribution in [0.3, 0.4) is 0 Å². The van der Waals surface area contributed by atoms with E-state index in [-0.39, 0.29) is 37.1 Å². The van der Waals surface area contributed by atoms with E-state index in [1.54, 1.807) is 36.4 Å². The van der Waals surface area contributed by atoms with Crippen molar-refractivity contribution in [2.24, 2.45) is 11.3 Å². The number of carbonyl (C=O) groups excluding carboxylic acids is 1. The summed E-state index contributed by atoms with van der Waals surface area (Å²) in [6, 6.07) is 16.7. The van der Waals surface area contributed by atoms with Crippen molar-refractivity contribution in [3.63, 3.8) is 0 Å². The molecule has 1 saturated heterocycles. The molecule has 1 aromatic heterocycles. The molecule has 250 valence electrons. The van der Waals surface area contributed by atoms with Crippen LogP contribution >= 0.6 is 7.82 Å². The van der Waals surface area contributed by atoms with Crippen LogP contribution in [0.4, 0.5) is 0 Å². The summed E-state index contributed by atoms with van der Waals surface area (Å²) in [5.41, 5.74) is 0.188. The van der Waals surface area contributed by atoms with Crippen LogP contribution in [0.25, 0.3) is 10.9 Å². The first kappa shape index (κ1) is 31.4. The number of H-pyrrole nitrogens is 1. The van der Waals surface area contributed by atoms with Gasteiger partial charge in [-0.25, -0.2) is 4.57 Å². The number of carbonyl (C=O) groups is 1. The van der Waals surface area contributed by atoms with Crippen LogP contribution in [-0.4, -0.2) is 63.2 Å². The van der Waals surface area contributed by atoms with E-state index in [9.17, 15) is 19.4 Å². The lowest BCUT2D eigenvalue weighted by Gasteiger charge is -2.67. The number of fused-ring (bicyclic) bond motifs is 9. The minimum absolute atomic E-state index is 0.0893. The van der Waals surface area contributed by atoms with E-state index in [2.05, 4.69) is 37.0 Å². The van der Waals surface area contributed by atoms with E-state index in [1.807, 2.05) is 19.9 Å². The highest BCUT2D eigenvalue weighted by Gasteiger charge is 2.78. The Morgan fingerprint density at radius 1 is 1.02 bits per heavy atom. The minimum Gasteiger partial charge on any atom is -0.404 e. The van der Waals surface area contributed by atoms with Crippen LogP contribution in [0, 0.1) is 11.3 Å². The van der Waals surface area contributed by atoms with Crippen molar-refractivity contribution in [2.45, 2.75) is 94.4 Å². The van der Waals surface area contributed by atoms with Crippen LogP contribution in [0.15, 0.2) is 66.2 Å². The van der Waals surface area contributed by atoms with E-state index in [1.165, 1.54) is 10.9 Å². The van der Waals surface area contributed by atoms with Crippen LogP contribution in [0.1, 0.15) is 64.6 Å². The molecule has 11 heteroatoms. The highest BCUT2D eigenvalue weighted by Crippen LogP contribution is 2.72. The maximum Gasteiger partial charge on any atom is 0.527 e. The first-order valence-corrected chi connectivity index (χ1v) is 18.0. The highest BCUT2D eigenvalue weighted by molar-refractivity contribution is 7.47. The summed E-state index contributed by atoms with van der Waals surface area (Å²) in [4.78, 5) is 27.6. The van der Waals surface area contributed by atoms with Gasteiger partial charge in [0.2, 0.25) is 0 Å². The van der Waals surface area contributed by atoms with Crippen molar-refractivity contribution in [1.82, 2.24) is 4.98 Å². The Labute approximate surface area is 274 Å². The number of aromatic nitrogens is 1. The molecule has 3 N–H and O–H groups in total. The third kappa shape index (κ3) is 4.32. The van der Waals surface area contributed by atoms with Gasteiger partial charge < -0.3 is 28.8 Å². The number of rotatable bonds is 8. The lowest BCUT2D eigenvalue weighted by Crippen LogP contribution is -2.74. The Kier molecular flexibility index (Phi) is 6.92. The minimum atomic E-state index is -4.34. The van der Waals surface area contributed by atoms with Crippen molar-refractivity contribution >= 4 is 24.5 Å². The molecule has 47 heavy (non-hydrogen) atoms. The second-order valence-electron chi connectivity index (χ2n) is 14.8. The molecular formula is C36H42NO9P. The molecule has 3 aromatic rings. The normalized spacial score (nSPS) is 37.8. The number of phosphoric acid groups is 1. The predicted molar refractivity (Wildman–Crippen MR) is 173 cm³/mol. The Bertz CT molecular complexity index is 1840. The summed E-state index contributed by atoms with van der Waals surface area (Å²) < 4.78 is 42.6. The monoisotopic (exact) mass is 663 g/mol. The SMILES string of the molecule is CC1(C)OC23CC[C@]4(C)[C@@]5(C)c6[nH]c7ccccc7c6C[C@@H]5C[C@H](OCCCOP(=O)(O)Oc5ccccc5)[C@@]4(O)C2=CC(=O)[C@@H]1O3. The van der Waals surface area contributed by atoms with Gasteiger partial charge in [0.25, 0.3) is 0 Å². The molecule has 2 bridgehead atoms. The summed E-state index contributed by atoms with van der Waals surface area (Å²) in [5.74, 6) is -1.06. The summed E-state index contributed by atoms with van der Waals surface area (Å²) in [6.45, 7) is 8.17. The number of para-hydroxylation sites is 2. The molecule has 10 nitrogen and oxygen atoms in total. The Morgan fingerprint density at radius 2 is 1.77 bits per heavy atom. The second kappa shape index (κ2) is 10.3. The summed E-state index contributed by atoms with van der Waals surface area (Å²) in [7, 11) is -4.34. The molecule has 1 spiro atoms. The zero-order valence-electron chi connectivity index (χ0n) is 27.2. The maximum atomic E-state index is 13.6. The van der Waals surface area contributed by atoms with Crippen LogP contribution in [-0.2, 0) is 39.9 Å². The van der Waals surface area contributed by atoms with E-state index in [4.69, 9.17) is 23.3 Å². The van der Waals surface area contributed by atoms with Crippen molar-refractivity contribution < 1.29 is 42.6 Å². The van der Waals surface area contributed by atoms with Crippen molar-refractivity contribution in [2.75, 3.05) is 13.2 Å². The largest absolute Gasteiger partial charge is 0.527 e. The van der Waals surface area contributed by atoms with Gasteiger partial charge in [-0.05, 0) is 75.3 Å². The van der Waals surface area contributed by atoms with Crippen molar-refractivity contribution in [1.29, 1.82) is 0 Å². The topological polar surface area (TPSA) is 137 Å². The number of phosphoric ester groups is 1. The Balaban J connectivity index is 1.12. The lowest BCUT2D eigenvalue weighted by molar-refractivity contribution is -0.280. The third-order valence-corrected chi connectivity index (χ3v) is 13.0. The van der Waals surface area contributed by atoms with Gasteiger partial charge in [0.15, 0.2) is 17.7 Å². The van der Waals surface area contributed by atoms with Gasteiger partial charge in [-0.15, -0.1) is 0 Å². The smallest absolute Gasteiger partial charge is 0.404 e. The predicted octanol–water partition coefficient (Wildman–Crippen LogP) is 5.90. The average molecular weight is 664 g/mol. The number of aliphatic hydroxyl groups is 1. The maximum absolute atomic E-state index is 13.6. The first-order chi connectivity index (χ1) is 22.2. The molecule has 8 rings (SSSR count). The van der Waals surface area contributed by atoms with Gasteiger partial charge >= 0.3 is 7.82 Å². The second-order valence-corrected chi connectivity index (χ2v) is 16.2. The standard InChI is InChI=1S/C36H42NO9P/c1-32(2)31-27(38)21-28-35(44-31,46-32)16-15-33(3)34(4)22(19-25-24-13-8-9-14-26(24)37-30(25)34)20-29(36(28,33)39)42-17-10-18-43-47(40,41)45-23-11-6-5-7-12-23/h5-9,11-14,21-22,29,31,37,39H,10,15-20H2,1-4H3,(H,40,41)/t22-,29+,31+,33-,34-,35?,36+/m1/s1. The lowest BCUT2D eigenvalue weighted by atomic mass is 9.41. The molecule has 0 amide bonds. The molecule has 3 fully saturated rings. The number of hydrogen-bond acceptors (Lipinski definition) is 8. The number of ketones is 1. The molecule has 0 radical (unpaired) electrons. The van der Waals surface area contributed by atoms with Gasteiger partial charge in [0.1, 0.15) is 17.0 Å². The number of hydrogen-bond donors (Lipinski definition) is 3. The fourth-order valence-electron chi connectivity index (χ4n) is 9.69. The van der Waals surface area contributed by atoms with Crippen LogP contribution in [0.5, 0.6) is 5.75 Å². The first-order valence-electron chi connectivity index (χ1n) is 16.5. The van der Waals surface area contributed by atoms with Crippen molar-refractivity contribution in [3.8, 4) is 5.75 Å². The van der Waals surface area contributed by atoms with Gasteiger partial charge in [-0.3, -0.25) is 14.2 Å². The van der Waals surface area contributed by atoms with Crippen LogP contribution < -0.4 is 4.52 Å². The molecule has 2 aliphatic heterocycles. The van der Waals surface area contributed by atoms with E-state index >= 15 is 0 Å².